The van der Waals surface area contributed by atoms with Gasteiger partial charge in [0, 0.05) is 9.65 Å². The maximum atomic E-state index is 3.76. The zero-order chi connectivity index (χ0) is 9.97. The van der Waals surface area contributed by atoms with Gasteiger partial charge in [0.15, 0.2) is 0 Å². The number of rotatable bonds is 0. The van der Waals surface area contributed by atoms with Gasteiger partial charge in [-0.1, -0.05) is 56.1 Å². The SMILES string of the molecule is BrC1CCCc2ccccc2CC1Br. The van der Waals surface area contributed by atoms with E-state index in [9.17, 15) is 0 Å². The third-order valence-electron chi connectivity index (χ3n) is 2.85. The van der Waals surface area contributed by atoms with E-state index >= 15 is 0 Å². The van der Waals surface area contributed by atoms with Gasteiger partial charge in [-0.25, -0.2) is 0 Å². The molecule has 2 unspecified atom stereocenters. The van der Waals surface area contributed by atoms with Gasteiger partial charge < -0.3 is 0 Å². The van der Waals surface area contributed by atoms with Crippen molar-refractivity contribution in [2.75, 3.05) is 0 Å². The highest BCUT2D eigenvalue weighted by molar-refractivity contribution is 9.12. The number of hydrogen-bond donors (Lipinski definition) is 0. The molecule has 0 aliphatic heterocycles. The van der Waals surface area contributed by atoms with Crippen LogP contribution in [0.1, 0.15) is 24.0 Å². The van der Waals surface area contributed by atoms with Gasteiger partial charge in [-0.2, -0.15) is 0 Å². The summed E-state index contributed by atoms with van der Waals surface area (Å²) in [5.74, 6) is 0. The zero-order valence-corrected chi connectivity index (χ0v) is 11.2. The third-order valence-corrected chi connectivity index (χ3v) is 5.62. The number of halogens is 2. The first kappa shape index (κ1) is 10.7. The van der Waals surface area contributed by atoms with Crippen molar-refractivity contribution < 1.29 is 0 Å². The molecular weight excluding hydrogens is 304 g/mol. The Morgan fingerprint density at radius 3 is 2.50 bits per heavy atom. The fraction of sp³-hybridized carbons (Fsp3) is 0.500. The average Bonchev–Trinajstić information content (AvgIpc) is 2.18. The summed E-state index contributed by atoms with van der Waals surface area (Å²) in [6.45, 7) is 0. The molecule has 1 aromatic carbocycles. The number of fused-ring (bicyclic) bond motifs is 1. The molecule has 2 rings (SSSR count). The van der Waals surface area contributed by atoms with Crippen LogP contribution in [0.2, 0.25) is 0 Å². The van der Waals surface area contributed by atoms with E-state index in [2.05, 4.69) is 56.1 Å². The van der Waals surface area contributed by atoms with Crippen LogP contribution in [0, 0.1) is 0 Å². The summed E-state index contributed by atoms with van der Waals surface area (Å²) in [6, 6.07) is 8.82. The van der Waals surface area contributed by atoms with Crippen LogP contribution in [0.3, 0.4) is 0 Å². The van der Waals surface area contributed by atoms with Crippen LogP contribution >= 0.6 is 31.9 Å². The summed E-state index contributed by atoms with van der Waals surface area (Å²) in [7, 11) is 0. The molecule has 0 N–H and O–H groups in total. The van der Waals surface area contributed by atoms with E-state index in [1.54, 1.807) is 0 Å². The van der Waals surface area contributed by atoms with Crippen molar-refractivity contribution in [1.29, 1.82) is 0 Å². The number of hydrogen-bond acceptors (Lipinski definition) is 0. The average molecular weight is 318 g/mol. The topological polar surface area (TPSA) is 0 Å². The van der Waals surface area contributed by atoms with Crippen LogP contribution in [-0.2, 0) is 12.8 Å². The molecular formula is C12H14Br2. The maximum absolute atomic E-state index is 3.76. The first-order valence-corrected chi connectivity index (χ1v) is 6.95. The van der Waals surface area contributed by atoms with E-state index in [4.69, 9.17) is 0 Å². The minimum absolute atomic E-state index is 0.573. The molecule has 1 aliphatic carbocycles. The molecule has 0 radical (unpaired) electrons. The van der Waals surface area contributed by atoms with Crippen LogP contribution in [0.4, 0.5) is 0 Å². The largest absolute Gasteiger partial charge is 0.0878 e. The molecule has 14 heavy (non-hydrogen) atoms. The van der Waals surface area contributed by atoms with E-state index in [0.717, 1.165) is 6.42 Å². The molecule has 0 spiro atoms. The highest BCUT2D eigenvalue weighted by Crippen LogP contribution is 2.28. The fourth-order valence-corrected chi connectivity index (χ4v) is 3.13. The van der Waals surface area contributed by atoms with Gasteiger partial charge in [-0.15, -0.1) is 0 Å². The van der Waals surface area contributed by atoms with Gasteiger partial charge in [0.2, 0.25) is 0 Å². The van der Waals surface area contributed by atoms with Gasteiger partial charge in [0.25, 0.3) is 0 Å². The molecule has 2 atom stereocenters. The fourth-order valence-electron chi connectivity index (χ4n) is 2.01. The summed E-state index contributed by atoms with van der Waals surface area (Å²) < 4.78 is 0. The molecule has 0 fully saturated rings. The zero-order valence-electron chi connectivity index (χ0n) is 8.05. The lowest BCUT2D eigenvalue weighted by atomic mass is 9.93. The van der Waals surface area contributed by atoms with Crippen molar-refractivity contribution in [3.63, 3.8) is 0 Å². The Kier molecular flexibility index (Phi) is 3.67. The van der Waals surface area contributed by atoms with Crippen LogP contribution in [-0.4, -0.2) is 9.65 Å². The summed E-state index contributed by atoms with van der Waals surface area (Å²) in [5.41, 5.74) is 3.05. The van der Waals surface area contributed by atoms with E-state index in [-0.39, 0.29) is 0 Å². The van der Waals surface area contributed by atoms with Crippen molar-refractivity contribution in [1.82, 2.24) is 0 Å². The standard InChI is InChI=1S/C12H14Br2/c13-11-7-3-6-9-4-1-2-5-10(9)8-12(11)14/h1-2,4-5,11-12H,3,6-8H2. The lowest BCUT2D eigenvalue weighted by molar-refractivity contribution is 0.654. The van der Waals surface area contributed by atoms with Crippen LogP contribution in [0.15, 0.2) is 24.3 Å². The Labute approximate surface area is 102 Å². The van der Waals surface area contributed by atoms with Gasteiger partial charge >= 0.3 is 0 Å². The monoisotopic (exact) mass is 316 g/mol. The van der Waals surface area contributed by atoms with Crippen molar-refractivity contribution in [3.05, 3.63) is 35.4 Å². The minimum atomic E-state index is 0.573. The second-order valence-electron chi connectivity index (χ2n) is 3.90. The quantitative estimate of drug-likeness (QED) is 0.632. The first-order valence-electron chi connectivity index (χ1n) is 5.12. The summed E-state index contributed by atoms with van der Waals surface area (Å²) in [4.78, 5) is 1.19. The highest BCUT2D eigenvalue weighted by Gasteiger charge is 2.19. The van der Waals surface area contributed by atoms with Crippen molar-refractivity contribution >= 4 is 31.9 Å². The Bertz CT molecular complexity index is 309. The molecule has 1 aliphatic rings. The molecule has 0 heterocycles. The second-order valence-corrected chi connectivity index (χ2v) is 6.25. The van der Waals surface area contributed by atoms with Gasteiger partial charge in [0.1, 0.15) is 0 Å². The lowest BCUT2D eigenvalue weighted by Crippen LogP contribution is -2.20. The van der Waals surface area contributed by atoms with E-state index in [1.807, 2.05) is 0 Å². The van der Waals surface area contributed by atoms with Crippen molar-refractivity contribution in [3.8, 4) is 0 Å². The molecule has 0 saturated carbocycles. The lowest BCUT2D eigenvalue weighted by Gasteiger charge is -2.22. The molecule has 0 aromatic heterocycles. The highest BCUT2D eigenvalue weighted by atomic mass is 79.9. The number of alkyl halides is 2. The minimum Gasteiger partial charge on any atom is -0.0878 e. The van der Waals surface area contributed by atoms with E-state index < -0.39 is 0 Å². The van der Waals surface area contributed by atoms with Crippen molar-refractivity contribution in [2.45, 2.75) is 35.3 Å². The smallest absolute Gasteiger partial charge is 0.0311 e. The Morgan fingerprint density at radius 2 is 1.71 bits per heavy atom. The Balaban J connectivity index is 2.25. The van der Waals surface area contributed by atoms with Crippen LogP contribution in [0.25, 0.3) is 0 Å². The number of benzene rings is 1. The van der Waals surface area contributed by atoms with Crippen LogP contribution < -0.4 is 0 Å². The van der Waals surface area contributed by atoms with Crippen molar-refractivity contribution in [2.24, 2.45) is 0 Å². The predicted molar refractivity (Wildman–Crippen MR) is 68.5 cm³/mol. The van der Waals surface area contributed by atoms with Gasteiger partial charge in [-0.05, 0) is 36.8 Å². The first-order chi connectivity index (χ1) is 6.77. The maximum Gasteiger partial charge on any atom is 0.0311 e. The Hall–Kier alpha value is 0.180. The summed E-state index contributed by atoms with van der Waals surface area (Å²) in [5, 5.41) is 0. The molecule has 2 heteroatoms. The molecule has 1 aromatic rings. The predicted octanol–water partition coefficient (Wildman–Crippen LogP) is 4.09. The summed E-state index contributed by atoms with van der Waals surface area (Å²) >= 11 is 7.50. The van der Waals surface area contributed by atoms with Crippen LogP contribution in [0.5, 0.6) is 0 Å². The second kappa shape index (κ2) is 4.80. The van der Waals surface area contributed by atoms with Gasteiger partial charge in [-0.3, -0.25) is 0 Å². The molecule has 76 valence electrons. The number of aryl methyl sites for hydroxylation is 1. The molecule has 0 saturated heterocycles. The molecule has 0 bridgehead atoms. The van der Waals surface area contributed by atoms with E-state index in [1.165, 1.54) is 30.4 Å². The Morgan fingerprint density at radius 1 is 1.00 bits per heavy atom. The van der Waals surface area contributed by atoms with Gasteiger partial charge in [0.05, 0.1) is 0 Å². The summed E-state index contributed by atoms with van der Waals surface area (Å²) in [6.07, 6.45) is 4.93. The molecule has 0 nitrogen and oxygen atoms in total. The third kappa shape index (κ3) is 2.40. The normalized spacial score (nSPS) is 27.6. The molecule has 0 amide bonds. The van der Waals surface area contributed by atoms with E-state index in [0.29, 0.717) is 9.65 Å².